The Bertz CT molecular complexity index is 983. The van der Waals surface area contributed by atoms with Gasteiger partial charge in [-0.1, -0.05) is 12.1 Å². The summed E-state index contributed by atoms with van der Waals surface area (Å²) >= 11 is 0. The van der Waals surface area contributed by atoms with Crippen LogP contribution in [0.1, 0.15) is 22.8 Å². The number of benzene rings is 2. The number of nitrogens with zero attached hydrogens (tertiary/aromatic N) is 2. The summed E-state index contributed by atoms with van der Waals surface area (Å²) in [5.41, 5.74) is 4.05. The first-order valence-corrected chi connectivity index (χ1v) is 9.74. The van der Waals surface area contributed by atoms with E-state index < -0.39 is 15.9 Å². The van der Waals surface area contributed by atoms with Crippen molar-refractivity contribution in [1.82, 2.24) is 9.73 Å². The van der Waals surface area contributed by atoms with Gasteiger partial charge < -0.3 is 9.47 Å². The number of rotatable bonds is 7. The van der Waals surface area contributed by atoms with Crippen molar-refractivity contribution < 1.29 is 22.7 Å². The van der Waals surface area contributed by atoms with Gasteiger partial charge in [-0.3, -0.25) is 4.79 Å². The SMILES string of the molecule is COc1ccc(C(=O)N/N=C(/C)c2ccc(S(=O)(=O)N(C)C)cc2)cc1OC. The summed E-state index contributed by atoms with van der Waals surface area (Å²) in [5, 5.41) is 4.08. The average Bonchev–Trinajstić information content (AvgIpc) is 2.71. The molecular formula is C19H23N3O5S. The first-order chi connectivity index (χ1) is 13.2. The Morgan fingerprint density at radius 1 is 0.964 bits per heavy atom. The molecule has 8 nitrogen and oxygen atoms in total. The average molecular weight is 405 g/mol. The topological polar surface area (TPSA) is 97.3 Å². The lowest BCUT2D eigenvalue weighted by Crippen LogP contribution is -2.22. The second kappa shape index (κ2) is 8.85. The predicted molar refractivity (Wildman–Crippen MR) is 107 cm³/mol. The Balaban J connectivity index is 2.15. The van der Waals surface area contributed by atoms with Gasteiger partial charge in [0.2, 0.25) is 10.0 Å². The van der Waals surface area contributed by atoms with Gasteiger partial charge in [0.05, 0.1) is 24.8 Å². The van der Waals surface area contributed by atoms with Gasteiger partial charge in [0.1, 0.15) is 0 Å². The van der Waals surface area contributed by atoms with Crippen molar-refractivity contribution in [3.63, 3.8) is 0 Å². The fourth-order valence-corrected chi connectivity index (χ4v) is 3.22. The van der Waals surface area contributed by atoms with Crippen molar-refractivity contribution >= 4 is 21.6 Å². The molecule has 1 N–H and O–H groups in total. The maximum Gasteiger partial charge on any atom is 0.271 e. The van der Waals surface area contributed by atoms with Crippen molar-refractivity contribution in [3.05, 3.63) is 53.6 Å². The molecule has 0 spiro atoms. The Morgan fingerprint density at radius 3 is 2.07 bits per heavy atom. The molecular weight excluding hydrogens is 382 g/mol. The van der Waals surface area contributed by atoms with Crippen molar-refractivity contribution in [1.29, 1.82) is 0 Å². The van der Waals surface area contributed by atoms with Crippen molar-refractivity contribution in [3.8, 4) is 11.5 Å². The van der Waals surface area contributed by atoms with Gasteiger partial charge in [0.15, 0.2) is 11.5 Å². The van der Waals surface area contributed by atoms with E-state index in [-0.39, 0.29) is 4.90 Å². The molecule has 9 heteroatoms. The summed E-state index contributed by atoms with van der Waals surface area (Å²) in [6.07, 6.45) is 0. The maximum atomic E-state index is 12.3. The molecule has 2 aromatic rings. The molecule has 0 aliphatic rings. The second-order valence-electron chi connectivity index (χ2n) is 6.02. The number of sulfonamides is 1. The highest BCUT2D eigenvalue weighted by atomic mass is 32.2. The smallest absolute Gasteiger partial charge is 0.271 e. The van der Waals surface area contributed by atoms with Crippen LogP contribution in [0.5, 0.6) is 11.5 Å². The van der Waals surface area contributed by atoms with Crippen LogP contribution < -0.4 is 14.9 Å². The maximum absolute atomic E-state index is 12.3. The molecule has 0 saturated heterocycles. The fourth-order valence-electron chi connectivity index (χ4n) is 2.32. The summed E-state index contributed by atoms with van der Waals surface area (Å²) in [4.78, 5) is 12.5. The highest BCUT2D eigenvalue weighted by Crippen LogP contribution is 2.27. The van der Waals surface area contributed by atoms with E-state index in [2.05, 4.69) is 10.5 Å². The van der Waals surface area contributed by atoms with Gasteiger partial charge >= 0.3 is 0 Å². The number of methoxy groups -OCH3 is 2. The minimum Gasteiger partial charge on any atom is -0.493 e. The van der Waals surface area contributed by atoms with Crippen LogP contribution in [0.2, 0.25) is 0 Å². The zero-order chi connectivity index (χ0) is 20.9. The van der Waals surface area contributed by atoms with Crippen LogP contribution in [0.3, 0.4) is 0 Å². The summed E-state index contributed by atoms with van der Waals surface area (Å²) in [6, 6.07) is 11.1. The molecule has 150 valence electrons. The van der Waals surface area contributed by atoms with E-state index in [1.54, 1.807) is 37.3 Å². The van der Waals surface area contributed by atoms with Crippen LogP contribution in [0.25, 0.3) is 0 Å². The fraction of sp³-hybridized carbons (Fsp3) is 0.263. The van der Waals surface area contributed by atoms with E-state index in [0.717, 1.165) is 4.31 Å². The molecule has 28 heavy (non-hydrogen) atoms. The number of hydrazone groups is 1. The zero-order valence-electron chi connectivity index (χ0n) is 16.4. The quantitative estimate of drug-likeness (QED) is 0.562. The molecule has 0 heterocycles. The first-order valence-electron chi connectivity index (χ1n) is 8.30. The lowest BCUT2D eigenvalue weighted by atomic mass is 10.1. The minimum absolute atomic E-state index is 0.184. The van der Waals surface area contributed by atoms with Gasteiger partial charge in [-0.2, -0.15) is 5.10 Å². The van der Waals surface area contributed by atoms with Gasteiger partial charge in [0.25, 0.3) is 5.91 Å². The number of ether oxygens (including phenoxy) is 2. The Hall–Kier alpha value is -2.91. The molecule has 0 aliphatic heterocycles. The summed E-state index contributed by atoms with van der Waals surface area (Å²) in [7, 11) is 2.45. The molecule has 0 unspecified atom stereocenters. The molecule has 2 aromatic carbocycles. The van der Waals surface area contributed by atoms with E-state index in [9.17, 15) is 13.2 Å². The standard InChI is InChI=1S/C19H23N3O5S/c1-13(14-6-9-16(10-7-14)28(24,25)22(2)3)20-21-19(23)15-8-11-17(26-4)18(12-15)27-5/h6-12H,1-5H3,(H,21,23)/b20-13-. The number of carbonyl (C=O) groups is 1. The van der Waals surface area contributed by atoms with Crippen LogP contribution in [-0.2, 0) is 10.0 Å². The van der Waals surface area contributed by atoms with Crippen LogP contribution in [0.15, 0.2) is 52.5 Å². The van der Waals surface area contributed by atoms with E-state index in [4.69, 9.17) is 9.47 Å². The lowest BCUT2D eigenvalue weighted by Gasteiger charge is -2.11. The molecule has 0 aliphatic carbocycles. The largest absolute Gasteiger partial charge is 0.493 e. The Kier molecular flexibility index (Phi) is 6.76. The molecule has 0 bridgehead atoms. The number of carbonyl (C=O) groups excluding carboxylic acids is 1. The van der Waals surface area contributed by atoms with Crippen LogP contribution in [0.4, 0.5) is 0 Å². The van der Waals surface area contributed by atoms with Crippen LogP contribution >= 0.6 is 0 Å². The van der Waals surface area contributed by atoms with Gasteiger partial charge in [0, 0.05) is 19.7 Å². The van der Waals surface area contributed by atoms with E-state index in [0.29, 0.717) is 28.3 Å². The minimum atomic E-state index is -3.49. The number of hydrogen-bond donors (Lipinski definition) is 1. The van der Waals surface area contributed by atoms with Crippen molar-refractivity contribution in [2.45, 2.75) is 11.8 Å². The molecule has 2 rings (SSSR count). The third-order valence-corrected chi connectivity index (χ3v) is 5.85. The summed E-state index contributed by atoms with van der Waals surface area (Å²) in [5.74, 6) is 0.548. The third kappa shape index (κ3) is 4.68. The Labute approximate surface area is 164 Å². The molecule has 0 aromatic heterocycles. The van der Waals surface area contributed by atoms with Gasteiger partial charge in [-0.15, -0.1) is 0 Å². The van der Waals surface area contributed by atoms with Crippen LogP contribution in [-0.4, -0.2) is 52.7 Å². The molecule has 0 fully saturated rings. The number of nitrogens with one attached hydrogen (secondary N) is 1. The highest BCUT2D eigenvalue weighted by molar-refractivity contribution is 7.89. The summed E-state index contributed by atoms with van der Waals surface area (Å²) < 4.78 is 35.7. The third-order valence-electron chi connectivity index (χ3n) is 4.02. The zero-order valence-corrected chi connectivity index (χ0v) is 17.2. The van der Waals surface area contributed by atoms with Crippen molar-refractivity contribution in [2.75, 3.05) is 28.3 Å². The Morgan fingerprint density at radius 2 is 1.54 bits per heavy atom. The lowest BCUT2D eigenvalue weighted by molar-refractivity contribution is 0.0954. The highest BCUT2D eigenvalue weighted by Gasteiger charge is 2.17. The number of hydrogen-bond acceptors (Lipinski definition) is 6. The first kappa shape index (κ1) is 21.4. The molecule has 0 saturated carbocycles. The predicted octanol–water partition coefficient (Wildman–Crippen LogP) is 2.11. The number of amides is 1. The normalized spacial score (nSPS) is 12.0. The molecule has 1 amide bonds. The van der Waals surface area contributed by atoms with E-state index >= 15 is 0 Å². The van der Waals surface area contributed by atoms with Gasteiger partial charge in [-0.25, -0.2) is 18.1 Å². The molecule has 0 radical (unpaired) electrons. The molecule has 0 atom stereocenters. The second-order valence-corrected chi connectivity index (χ2v) is 8.17. The monoisotopic (exact) mass is 405 g/mol. The van der Waals surface area contributed by atoms with Crippen LogP contribution in [0, 0.1) is 0 Å². The van der Waals surface area contributed by atoms with E-state index in [1.165, 1.54) is 40.4 Å². The van der Waals surface area contributed by atoms with Crippen molar-refractivity contribution in [2.24, 2.45) is 5.10 Å². The van der Waals surface area contributed by atoms with E-state index in [1.807, 2.05) is 0 Å². The van der Waals surface area contributed by atoms with Gasteiger partial charge in [-0.05, 0) is 42.8 Å². The summed E-state index contributed by atoms with van der Waals surface area (Å²) in [6.45, 7) is 1.71.